The molecule has 0 amide bonds. The van der Waals surface area contributed by atoms with Crippen LogP contribution in [0.1, 0.15) is 45.9 Å². The number of thiophene rings is 1. The molecule has 0 aliphatic heterocycles. The first-order chi connectivity index (χ1) is 9.36. The maximum atomic E-state index is 3.64. The lowest BCUT2D eigenvalue weighted by molar-refractivity contribution is 0.135. The zero-order valence-electron chi connectivity index (χ0n) is 14.1. The lowest BCUT2D eigenvalue weighted by Gasteiger charge is -2.38. The highest BCUT2D eigenvalue weighted by Gasteiger charge is 2.28. The first kappa shape index (κ1) is 17.7. The summed E-state index contributed by atoms with van der Waals surface area (Å²) in [7, 11) is 2.26. The van der Waals surface area contributed by atoms with Crippen LogP contribution in [-0.2, 0) is 6.42 Å². The predicted octanol–water partition coefficient (Wildman–Crippen LogP) is 4.03. The minimum absolute atomic E-state index is 0.285. The van der Waals surface area contributed by atoms with Gasteiger partial charge in [-0.1, -0.05) is 26.8 Å². The Kier molecular flexibility index (Phi) is 7.21. The van der Waals surface area contributed by atoms with E-state index in [1.165, 1.54) is 11.3 Å². The molecule has 0 spiro atoms. The molecule has 2 unspecified atom stereocenters. The Morgan fingerprint density at radius 3 is 2.60 bits per heavy atom. The summed E-state index contributed by atoms with van der Waals surface area (Å²) < 4.78 is 0. The molecule has 0 bridgehead atoms. The van der Waals surface area contributed by atoms with Crippen LogP contribution < -0.4 is 5.32 Å². The van der Waals surface area contributed by atoms with Crippen molar-refractivity contribution in [1.82, 2.24) is 10.2 Å². The first-order valence-corrected chi connectivity index (χ1v) is 8.70. The fraction of sp³-hybridized carbons (Fsp3) is 0.765. The van der Waals surface area contributed by atoms with Crippen molar-refractivity contribution < 1.29 is 0 Å². The van der Waals surface area contributed by atoms with Crippen LogP contribution in [0.15, 0.2) is 17.5 Å². The molecule has 1 aromatic heterocycles. The van der Waals surface area contributed by atoms with E-state index in [-0.39, 0.29) is 5.41 Å². The van der Waals surface area contributed by atoms with E-state index in [9.17, 15) is 0 Å². The fourth-order valence-electron chi connectivity index (χ4n) is 2.45. The second kappa shape index (κ2) is 8.16. The van der Waals surface area contributed by atoms with Gasteiger partial charge in [0.05, 0.1) is 0 Å². The molecule has 1 heterocycles. The second-order valence-corrected chi connectivity index (χ2v) is 7.74. The third kappa shape index (κ3) is 5.55. The number of nitrogens with one attached hydrogen (secondary N) is 1. The molecule has 0 aromatic carbocycles. The summed E-state index contributed by atoms with van der Waals surface area (Å²) in [5, 5.41) is 5.81. The molecular weight excluding hydrogens is 264 g/mol. The molecule has 0 fully saturated rings. The molecule has 1 aromatic rings. The summed E-state index contributed by atoms with van der Waals surface area (Å²) in [5.74, 6) is 0. The van der Waals surface area contributed by atoms with Crippen molar-refractivity contribution in [3.63, 3.8) is 0 Å². The molecule has 1 N–H and O–H groups in total. The first-order valence-electron chi connectivity index (χ1n) is 7.82. The van der Waals surface area contributed by atoms with Gasteiger partial charge in [0.2, 0.25) is 0 Å². The van der Waals surface area contributed by atoms with Gasteiger partial charge in [0.25, 0.3) is 0 Å². The summed E-state index contributed by atoms with van der Waals surface area (Å²) in [4.78, 5) is 3.99. The van der Waals surface area contributed by atoms with Crippen LogP contribution in [0.2, 0.25) is 0 Å². The minimum atomic E-state index is 0.285. The Bertz CT molecular complexity index is 359. The van der Waals surface area contributed by atoms with Gasteiger partial charge in [-0.25, -0.2) is 0 Å². The van der Waals surface area contributed by atoms with Gasteiger partial charge in [-0.3, -0.25) is 0 Å². The zero-order chi connectivity index (χ0) is 15.2. The lowest BCUT2D eigenvalue weighted by atomic mass is 9.84. The zero-order valence-corrected chi connectivity index (χ0v) is 14.9. The van der Waals surface area contributed by atoms with E-state index < -0.39 is 0 Å². The average molecular weight is 297 g/mol. The molecule has 0 saturated carbocycles. The van der Waals surface area contributed by atoms with E-state index in [2.05, 4.69) is 69.4 Å². The van der Waals surface area contributed by atoms with Crippen LogP contribution in [0.25, 0.3) is 0 Å². The SMILES string of the molecule is CCCNC(C)C(C)(C)CN(C)C(C)Cc1cccs1. The van der Waals surface area contributed by atoms with Gasteiger partial charge in [0.1, 0.15) is 0 Å². The molecule has 2 atom stereocenters. The van der Waals surface area contributed by atoms with Crippen molar-refractivity contribution in [3.8, 4) is 0 Å². The van der Waals surface area contributed by atoms with E-state index >= 15 is 0 Å². The Labute approximate surface area is 129 Å². The topological polar surface area (TPSA) is 15.3 Å². The summed E-state index contributed by atoms with van der Waals surface area (Å²) in [6.45, 7) is 13.8. The summed E-state index contributed by atoms with van der Waals surface area (Å²) in [6.07, 6.45) is 2.35. The van der Waals surface area contributed by atoms with Crippen LogP contribution in [0.3, 0.4) is 0 Å². The molecule has 20 heavy (non-hydrogen) atoms. The van der Waals surface area contributed by atoms with Gasteiger partial charge in [0.15, 0.2) is 0 Å². The molecular formula is C17H32N2S. The smallest absolute Gasteiger partial charge is 0.0112 e. The van der Waals surface area contributed by atoms with E-state index in [0.717, 1.165) is 19.5 Å². The van der Waals surface area contributed by atoms with E-state index in [0.29, 0.717) is 12.1 Å². The van der Waals surface area contributed by atoms with Crippen LogP contribution in [-0.4, -0.2) is 37.1 Å². The van der Waals surface area contributed by atoms with Crippen LogP contribution >= 0.6 is 11.3 Å². The maximum Gasteiger partial charge on any atom is 0.0112 e. The summed E-state index contributed by atoms with van der Waals surface area (Å²) in [6, 6.07) is 5.52. The van der Waals surface area contributed by atoms with Gasteiger partial charge in [-0.15, -0.1) is 11.3 Å². The Morgan fingerprint density at radius 2 is 2.05 bits per heavy atom. The van der Waals surface area contributed by atoms with Crippen molar-refractivity contribution in [3.05, 3.63) is 22.4 Å². The molecule has 0 aliphatic carbocycles. The highest BCUT2D eigenvalue weighted by Crippen LogP contribution is 2.23. The van der Waals surface area contributed by atoms with Crippen molar-refractivity contribution in [2.45, 2.75) is 59.5 Å². The second-order valence-electron chi connectivity index (χ2n) is 6.71. The van der Waals surface area contributed by atoms with Crippen molar-refractivity contribution in [2.75, 3.05) is 20.1 Å². The van der Waals surface area contributed by atoms with Crippen molar-refractivity contribution >= 4 is 11.3 Å². The number of likely N-dealkylation sites (N-methyl/N-ethyl adjacent to an activating group) is 1. The van der Waals surface area contributed by atoms with E-state index in [1.54, 1.807) is 0 Å². The summed E-state index contributed by atoms with van der Waals surface area (Å²) in [5.41, 5.74) is 0.285. The van der Waals surface area contributed by atoms with Gasteiger partial charge < -0.3 is 10.2 Å². The average Bonchev–Trinajstić information content (AvgIpc) is 2.87. The monoisotopic (exact) mass is 296 g/mol. The maximum absolute atomic E-state index is 3.64. The number of nitrogens with zero attached hydrogens (tertiary/aromatic N) is 1. The third-order valence-corrected chi connectivity index (χ3v) is 5.26. The molecule has 2 nitrogen and oxygen atoms in total. The normalized spacial score (nSPS) is 15.6. The Balaban J connectivity index is 2.48. The third-order valence-electron chi connectivity index (χ3n) is 4.36. The minimum Gasteiger partial charge on any atom is -0.314 e. The molecule has 3 heteroatoms. The molecule has 1 rings (SSSR count). The van der Waals surface area contributed by atoms with Crippen molar-refractivity contribution in [1.29, 1.82) is 0 Å². The van der Waals surface area contributed by atoms with Gasteiger partial charge in [0, 0.05) is 23.5 Å². The van der Waals surface area contributed by atoms with Crippen LogP contribution in [0.4, 0.5) is 0 Å². The Morgan fingerprint density at radius 1 is 1.35 bits per heavy atom. The quantitative estimate of drug-likeness (QED) is 0.740. The predicted molar refractivity (Wildman–Crippen MR) is 91.7 cm³/mol. The number of rotatable bonds is 9. The summed E-state index contributed by atoms with van der Waals surface area (Å²) >= 11 is 1.87. The van der Waals surface area contributed by atoms with E-state index in [1.807, 2.05) is 11.3 Å². The number of hydrogen-bond donors (Lipinski definition) is 1. The highest BCUT2D eigenvalue weighted by molar-refractivity contribution is 7.09. The van der Waals surface area contributed by atoms with Crippen LogP contribution in [0.5, 0.6) is 0 Å². The van der Waals surface area contributed by atoms with E-state index in [4.69, 9.17) is 0 Å². The van der Waals surface area contributed by atoms with Crippen molar-refractivity contribution in [2.24, 2.45) is 5.41 Å². The molecule has 116 valence electrons. The fourth-order valence-corrected chi connectivity index (χ4v) is 3.27. The number of hydrogen-bond acceptors (Lipinski definition) is 3. The molecule has 0 radical (unpaired) electrons. The lowest BCUT2D eigenvalue weighted by Crippen LogP contribution is -2.48. The standard InChI is InChI=1S/C17H32N2S/c1-7-10-18-15(3)17(4,5)13-19(6)14(2)12-16-9-8-11-20-16/h8-9,11,14-15,18H,7,10,12-13H2,1-6H3. The molecule has 0 aliphatic rings. The Hall–Kier alpha value is -0.380. The van der Waals surface area contributed by atoms with Gasteiger partial charge in [-0.2, -0.15) is 0 Å². The molecule has 0 saturated heterocycles. The van der Waals surface area contributed by atoms with Gasteiger partial charge >= 0.3 is 0 Å². The van der Waals surface area contributed by atoms with Crippen LogP contribution in [0, 0.1) is 5.41 Å². The van der Waals surface area contributed by atoms with Gasteiger partial charge in [-0.05, 0) is 57.1 Å². The largest absolute Gasteiger partial charge is 0.314 e. The highest BCUT2D eigenvalue weighted by atomic mass is 32.1.